The molecule has 0 unspecified atom stereocenters. The zero-order valence-electron chi connectivity index (χ0n) is 14.2. The normalized spacial score (nSPS) is 11.3. The van der Waals surface area contributed by atoms with Crippen molar-refractivity contribution in [2.75, 3.05) is 36.3 Å². The lowest BCUT2D eigenvalue weighted by Crippen LogP contribution is -2.30. The van der Waals surface area contributed by atoms with Gasteiger partial charge in [0.2, 0.25) is 5.91 Å². The number of hydrogen-bond acceptors (Lipinski definition) is 6. The number of amides is 1. The molecular formula is C14H22F3N3O5S. The van der Waals surface area contributed by atoms with Crippen LogP contribution in [0.3, 0.4) is 0 Å². The maximum Gasteiger partial charge on any atom is 0.516 e. The van der Waals surface area contributed by atoms with E-state index in [1.807, 2.05) is 0 Å². The number of rotatable bonds is 7. The number of halogens is 3. The average Bonchev–Trinajstić information content (AvgIpc) is 2.50. The zero-order chi connectivity index (χ0) is 20.4. The Labute approximate surface area is 149 Å². The number of alkyl halides is 3. The highest BCUT2D eigenvalue weighted by Crippen LogP contribution is 2.28. The van der Waals surface area contributed by atoms with Gasteiger partial charge in [0.05, 0.1) is 18.9 Å². The van der Waals surface area contributed by atoms with Crippen molar-refractivity contribution < 1.29 is 36.6 Å². The van der Waals surface area contributed by atoms with Crippen LogP contribution in [-0.4, -0.2) is 56.3 Å². The number of carbonyl (C=O) groups is 1. The monoisotopic (exact) mass is 401 g/mol. The topological polar surface area (TPSA) is 128 Å². The van der Waals surface area contributed by atoms with Gasteiger partial charge in [-0.1, -0.05) is 6.07 Å². The highest BCUT2D eigenvalue weighted by atomic mass is 32.2. The lowest BCUT2D eigenvalue weighted by Gasteiger charge is -2.13. The molecule has 0 aliphatic carbocycles. The Balaban J connectivity index is 0.000000758. The second-order valence-electron chi connectivity index (χ2n) is 4.96. The molecule has 0 aromatic heterocycles. The molecule has 12 heteroatoms. The molecule has 0 heterocycles. The summed E-state index contributed by atoms with van der Waals surface area (Å²) in [5.41, 5.74) is -5.16. The molecule has 0 atom stereocenters. The highest BCUT2D eigenvalue weighted by Gasteiger charge is 2.46. The molecule has 0 spiro atoms. The third-order valence-corrected chi connectivity index (χ3v) is 3.78. The average molecular weight is 401 g/mol. The summed E-state index contributed by atoms with van der Waals surface area (Å²) in [6, 6.07) is 3.95. The summed E-state index contributed by atoms with van der Waals surface area (Å²) in [7, 11) is -5.48. The fraction of sp³-hybridized carbons (Fsp3) is 0.500. The van der Waals surface area contributed by atoms with Crippen molar-refractivity contribution in [1.82, 2.24) is 5.32 Å². The van der Waals surface area contributed by atoms with Gasteiger partial charge in [0.1, 0.15) is 0 Å². The number of aliphatic hydroxyl groups excluding tert-OH is 2. The third kappa shape index (κ3) is 8.99. The minimum absolute atomic E-state index is 0.139. The van der Waals surface area contributed by atoms with E-state index in [1.54, 1.807) is 0 Å². The molecule has 1 aromatic rings. The Hall–Kier alpha value is -1.89. The van der Waals surface area contributed by atoms with Crippen molar-refractivity contribution in [3.63, 3.8) is 0 Å². The quantitative estimate of drug-likeness (QED) is 0.430. The van der Waals surface area contributed by atoms with E-state index in [0.29, 0.717) is 18.7 Å². The summed E-state index contributed by atoms with van der Waals surface area (Å²) in [5.74, 6) is -0.423. The molecule has 0 radical (unpaired) electrons. The molecule has 0 bridgehead atoms. The minimum atomic E-state index is -5.48. The number of carbonyl (C=O) groups excluding carboxylic acids is 1. The van der Waals surface area contributed by atoms with Crippen LogP contribution >= 0.6 is 0 Å². The minimum Gasteiger partial charge on any atom is -0.395 e. The van der Waals surface area contributed by atoms with Crippen molar-refractivity contribution in [3.8, 4) is 0 Å². The van der Waals surface area contributed by atoms with Gasteiger partial charge in [0, 0.05) is 25.7 Å². The molecule has 1 aromatic carbocycles. The van der Waals surface area contributed by atoms with Crippen LogP contribution in [0.2, 0.25) is 0 Å². The van der Waals surface area contributed by atoms with Crippen molar-refractivity contribution in [3.05, 3.63) is 23.8 Å². The summed E-state index contributed by atoms with van der Waals surface area (Å²) in [6.07, 6.45) is 0. The summed E-state index contributed by atoms with van der Waals surface area (Å²) in [6.45, 7) is 4.08. The summed E-state index contributed by atoms with van der Waals surface area (Å²) in [5, 5.41) is 21.4. The first kappa shape index (κ1) is 24.1. The van der Waals surface area contributed by atoms with Gasteiger partial charge in [-0.15, -0.1) is 0 Å². The summed E-state index contributed by atoms with van der Waals surface area (Å²) >= 11 is 0. The number of aryl methyl sites for hydroxylation is 1. The van der Waals surface area contributed by atoms with Crippen LogP contribution in [0.15, 0.2) is 18.2 Å². The molecule has 26 heavy (non-hydrogen) atoms. The molecule has 0 saturated carbocycles. The Bertz CT molecular complexity index is 677. The van der Waals surface area contributed by atoms with Gasteiger partial charge in [-0.05, 0) is 24.6 Å². The Morgan fingerprint density at radius 1 is 1.15 bits per heavy atom. The number of aliphatic hydroxyl groups is 2. The van der Waals surface area contributed by atoms with Crippen LogP contribution in [0.25, 0.3) is 0 Å². The number of sulfonamides is 1. The van der Waals surface area contributed by atoms with Gasteiger partial charge in [0.25, 0.3) is 0 Å². The molecule has 0 fully saturated rings. The van der Waals surface area contributed by atoms with E-state index in [-0.39, 0.29) is 24.6 Å². The van der Waals surface area contributed by atoms with Gasteiger partial charge in [0.15, 0.2) is 0 Å². The maximum absolute atomic E-state index is 12.2. The van der Waals surface area contributed by atoms with E-state index in [0.717, 1.165) is 6.07 Å². The second kappa shape index (κ2) is 11.0. The largest absolute Gasteiger partial charge is 0.516 e. The standard InChI is InChI=1S/C10H11F3N2O3S.C4H11NO2/c1-6-3-4-8(14-7(2)16)5-9(6)15-19(17,18)10(11,12)13;6-3-1-5-2-4-7/h3-5,15H,1-2H3,(H,14,16);5-7H,1-4H2. The summed E-state index contributed by atoms with van der Waals surface area (Å²) in [4.78, 5) is 10.8. The molecule has 0 saturated heterocycles. The van der Waals surface area contributed by atoms with Crippen LogP contribution in [0.1, 0.15) is 12.5 Å². The van der Waals surface area contributed by atoms with E-state index in [4.69, 9.17) is 10.2 Å². The van der Waals surface area contributed by atoms with E-state index >= 15 is 0 Å². The Kier molecular flexibility index (Phi) is 10.2. The summed E-state index contributed by atoms with van der Waals surface area (Å²) < 4.78 is 60.1. The van der Waals surface area contributed by atoms with Crippen LogP contribution in [-0.2, 0) is 14.8 Å². The van der Waals surface area contributed by atoms with Crippen molar-refractivity contribution in [2.45, 2.75) is 19.4 Å². The van der Waals surface area contributed by atoms with Gasteiger partial charge in [-0.25, -0.2) is 0 Å². The third-order valence-electron chi connectivity index (χ3n) is 2.68. The number of benzene rings is 1. The maximum atomic E-state index is 12.2. The molecule has 1 amide bonds. The first-order valence-electron chi connectivity index (χ1n) is 7.34. The zero-order valence-corrected chi connectivity index (χ0v) is 15.0. The fourth-order valence-corrected chi connectivity index (χ4v) is 2.12. The van der Waals surface area contributed by atoms with Crippen LogP contribution < -0.4 is 15.4 Å². The molecule has 5 N–H and O–H groups in total. The lowest BCUT2D eigenvalue weighted by atomic mass is 10.2. The fourth-order valence-electron chi connectivity index (χ4n) is 1.50. The molecule has 8 nitrogen and oxygen atoms in total. The Morgan fingerprint density at radius 2 is 1.69 bits per heavy atom. The van der Waals surface area contributed by atoms with E-state index in [1.165, 1.54) is 30.7 Å². The van der Waals surface area contributed by atoms with Gasteiger partial charge >= 0.3 is 15.5 Å². The van der Waals surface area contributed by atoms with E-state index in [2.05, 4.69) is 10.6 Å². The highest BCUT2D eigenvalue weighted by molar-refractivity contribution is 7.93. The first-order valence-corrected chi connectivity index (χ1v) is 8.82. The van der Waals surface area contributed by atoms with Crippen LogP contribution in [0.4, 0.5) is 24.5 Å². The smallest absolute Gasteiger partial charge is 0.395 e. The number of anilines is 2. The van der Waals surface area contributed by atoms with Crippen molar-refractivity contribution in [2.24, 2.45) is 0 Å². The Morgan fingerprint density at radius 3 is 2.12 bits per heavy atom. The van der Waals surface area contributed by atoms with Gasteiger partial charge < -0.3 is 20.8 Å². The van der Waals surface area contributed by atoms with E-state index < -0.39 is 21.4 Å². The predicted molar refractivity (Wildman–Crippen MR) is 91.1 cm³/mol. The molecule has 0 aliphatic rings. The molecule has 150 valence electrons. The number of nitrogens with one attached hydrogen (secondary N) is 3. The SMILES string of the molecule is CC(=O)Nc1ccc(C)c(NS(=O)(=O)C(F)(F)F)c1.OCCNCCO. The van der Waals surface area contributed by atoms with E-state index in [9.17, 15) is 26.4 Å². The lowest BCUT2D eigenvalue weighted by molar-refractivity contribution is -0.114. The predicted octanol–water partition coefficient (Wildman–Crippen LogP) is 0.776. The van der Waals surface area contributed by atoms with Crippen LogP contribution in [0, 0.1) is 6.92 Å². The first-order chi connectivity index (χ1) is 11.9. The number of hydrogen-bond donors (Lipinski definition) is 5. The van der Waals surface area contributed by atoms with Gasteiger partial charge in [-0.2, -0.15) is 21.6 Å². The van der Waals surface area contributed by atoms with Crippen molar-refractivity contribution >= 4 is 27.3 Å². The van der Waals surface area contributed by atoms with Crippen LogP contribution in [0.5, 0.6) is 0 Å². The molecule has 0 aliphatic heterocycles. The van der Waals surface area contributed by atoms with Crippen molar-refractivity contribution in [1.29, 1.82) is 0 Å². The molecule has 1 rings (SSSR count). The van der Waals surface area contributed by atoms with Gasteiger partial charge in [-0.3, -0.25) is 9.52 Å². The molecular weight excluding hydrogens is 379 g/mol. The second-order valence-corrected chi connectivity index (χ2v) is 6.63.